The van der Waals surface area contributed by atoms with Crippen LogP contribution in [-0.2, 0) is 6.42 Å². The lowest BCUT2D eigenvalue weighted by atomic mass is 10.1. The third-order valence-corrected chi connectivity index (χ3v) is 3.79. The van der Waals surface area contributed by atoms with Crippen LogP contribution >= 0.6 is 0 Å². The Kier molecular flexibility index (Phi) is 3.35. The van der Waals surface area contributed by atoms with Crippen molar-refractivity contribution >= 4 is 5.65 Å². The molecule has 4 aromatic rings. The zero-order valence-corrected chi connectivity index (χ0v) is 12.4. The minimum atomic E-state index is -0.224. The lowest BCUT2D eigenvalue weighted by molar-refractivity contribution is 0.627. The van der Waals surface area contributed by atoms with Crippen molar-refractivity contribution in [3.05, 3.63) is 90.0 Å². The van der Waals surface area contributed by atoms with Crippen molar-refractivity contribution in [2.24, 2.45) is 0 Å². The first-order valence-corrected chi connectivity index (χ1v) is 7.43. The molecule has 0 bridgehead atoms. The third-order valence-electron chi connectivity index (χ3n) is 3.79. The van der Waals surface area contributed by atoms with Crippen molar-refractivity contribution in [2.45, 2.75) is 6.42 Å². The molecule has 112 valence electrons. The monoisotopic (exact) mass is 303 g/mol. The molecule has 2 aromatic heterocycles. The molecule has 0 atom stereocenters. The number of benzene rings is 2. The minimum absolute atomic E-state index is 0.224. The van der Waals surface area contributed by atoms with Gasteiger partial charge in [0.05, 0.1) is 17.6 Å². The molecular weight excluding hydrogens is 289 g/mol. The summed E-state index contributed by atoms with van der Waals surface area (Å²) in [6, 6.07) is 20.5. The second-order valence-electron chi connectivity index (χ2n) is 5.41. The van der Waals surface area contributed by atoms with E-state index in [1.807, 2.05) is 53.2 Å². The first-order valence-electron chi connectivity index (χ1n) is 7.43. The summed E-state index contributed by atoms with van der Waals surface area (Å²) in [7, 11) is 0. The molecule has 0 spiro atoms. The van der Waals surface area contributed by atoms with Crippen LogP contribution in [0.15, 0.2) is 72.9 Å². The normalized spacial score (nSPS) is 11.0. The van der Waals surface area contributed by atoms with Crippen molar-refractivity contribution in [3.63, 3.8) is 0 Å². The Labute approximate surface area is 133 Å². The number of hydrogen-bond acceptors (Lipinski definition) is 2. The number of imidazole rings is 1. The van der Waals surface area contributed by atoms with Gasteiger partial charge in [0, 0.05) is 12.0 Å². The van der Waals surface area contributed by atoms with Crippen LogP contribution in [0.4, 0.5) is 4.39 Å². The highest BCUT2D eigenvalue weighted by Crippen LogP contribution is 2.20. The second kappa shape index (κ2) is 5.65. The highest BCUT2D eigenvalue weighted by molar-refractivity contribution is 5.62. The molecule has 23 heavy (non-hydrogen) atoms. The van der Waals surface area contributed by atoms with Crippen molar-refractivity contribution in [1.29, 1.82) is 0 Å². The van der Waals surface area contributed by atoms with E-state index in [4.69, 9.17) is 0 Å². The average molecular weight is 303 g/mol. The van der Waals surface area contributed by atoms with Crippen LogP contribution in [-0.4, -0.2) is 14.6 Å². The maximum absolute atomic E-state index is 13.0. The summed E-state index contributed by atoms with van der Waals surface area (Å²) in [4.78, 5) is 4.41. The summed E-state index contributed by atoms with van der Waals surface area (Å²) in [6.45, 7) is 0. The fraction of sp³-hybridized carbons (Fsp3) is 0.0526. The summed E-state index contributed by atoms with van der Waals surface area (Å²) in [6.07, 6.45) is 2.49. The molecule has 0 aliphatic carbocycles. The van der Waals surface area contributed by atoms with Gasteiger partial charge in [-0.1, -0.05) is 42.5 Å². The number of hydrogen-bond donors (Lipinski definition) is 0. The van der Waals surface area contributed by atoms with Gasteiger partial charge < -0.3 is 0 Å². The molecule has 4 heteroatoms. The van der Waals surface area contributed by atoms with E-state index in [1.165, 1.54) is 12.1 Å². The molecule has 0 saturated carbocycles. The van der Waals surface area contributed by atoms with E-state index in [0.717, 1.165) is 28.2 Å². The van der Waals surface area contributed by atoms with Crippen molar-refractivity contribution in [3.8, 4) is 11.3 Å². The summed E-state index contributed by atoms with van der Waals surface area (Å²) in [5.41, 5.74) is 4.79. The van der Waals surface area contributed by atoms with E-state index in [-0.39, 0.29) is 5.82 Å². The van der Waals surface area contributed by atoms with Crippen molar-refractivity contribution in [1.82, 2.24) is 14.6 Å². The van der Waals surface area contributed by atoms with Crippen LogP contribution in [0.3, 0.4) is 0 Å². The Morgan fingerprint density at radius 1 is 0.870 bits per heavy atom. The molecule has 2 aromatic carbocycles. The number of rotatable bonds is 3. The standard InChI is InChI=1S/C19H14FN3/c20-16-8-6-14(7-9-16)12-17-10-11-19-21-13-18(23(19)22-17)15-4-2-1-3-5-15/h1-11,13H,12H2. The molecule has 4 rings (SSSR count). The van der Waals surface area contributed by atoms with Gasteiger partial charge in [0.25, 0.3) is 0 Å². The molecule has 0 radical (unpaired) electrons. The fourth-order valence-corrected chi connectivity index (χ4v) is 2.62. The van der Waals surface area contributed by atoms with Crippen LogP contribution in [0.2, 0.25) is 0 Å². The van der Waals surface area contributed by atoms with Gasteiger partial charge in [0.2, 0.25) is 0 Å². The smallest absolute Gasteiger partial charge is 0.154 e. The van der Waals surface area contributed by atoms with Gasteiger partial charge in [0.15, 0.2) is 5.65 Å². The van der Waals surface area contributed by atoms with Crippen LogP contribution in [0.25, 0.3) is 16.9 Å². The number of halogens is 1. The van der Waals surface area contributed by atoms with Gasteiger partial charge in [-0.2, -0.15) is 5.10 Å². The zero-order chi connectivity index (χ0) is 15.6. The predicted octanol–water partition coefficient (Wildman–Crippen LogP) is 4.13. The Balaban J connectivity index is 1.73. The van der Waals surface area contributed by atoms with Crippen molar-refractivity contribution < 1.29 is 4.39 Å². The van der Waals surface area contributed by atoms with E-state index in [0.29, 0.717) is 6.42 Å². The van der Waals surface area contributed by atoms with Gasteiger partial charge in [-0.05, 0) is 29.8 Å². The molecule has 0 aliphatic rings. The van der Waals surface area contributed by atoms with E-state index in [9.17, 15) is 4.39 Å². The zero-order valence-electron chi connectivity index (χ0n) is 12.4. The molecule has 0 N–H and O–H groups in total. The highest BCUT2D eigenvalue weighted by Gasteiger charge is 2.08. The Morgan fingerprint density at radius 3 is 2.43 bits per heavy atom. The quantitative estimate of drug-likeness (QED) is 0.570. The second-order valence-corrected chi connectivity index (χ2v) is 5.41. The van der Waals surface area contributed by atoms with Crippen molar-refractivity contribution in [2.75, 3.05) is 0 Å². The summed E-state index contributed by atoms with van der Waals surface area (Å²) in [5, 5.41) is 4.69. The van der Waals surface area contributed by atoms with Gasteiger partial charge in [-0.3, -0.25) is 0 Å². The minimum Gasteiger partial charge on any atom is -0.235 e. The summed E-state index contributed by atoms with van der Waals surface area (Å²) in [5.74, 6) is -0.224. The molecule has 0 amide bonds. The highest BCUT2D eigenvalue weighted by atomic mass is 19.1. The predicted molar refractivity (Wildman–Crippen MR) is 87.6 cm³/mol. The Bertz CT molecular complexity index is 943. The lowest BCUT2D eigenvalue weighted by Crippen LogP contribution is -2.00. The maximum atomic E-state index is 13.0. The average Bonchev–Trinajstić information content (AvgIpc) is 3.01. The van der Waals surface area contributed by atoms with E-state index >= 15 is 0 Å². The molecule has 2 heterocycles. The number of nitrogens with zero attached hydrogens (tertiary/aromatic N) is 3. The van der Waals surface area contributed by atoms with Crippen LogP contribution in [0, 0.1) is 5.82 Å². The van der Waals surface area contributed by atoms with Crippen LogP contribution in [0.1, 0.15) is 11.3 Å². The SMILES string of the molecule is Fc1ccc(Cc2ccc3ncc(-c4ccccc4)n3n2)cc1. The van der Waals surface area contributed by atoms with Gasteiger partial charge in [-0.25, -0.2) is 13.9 Å². The fourth-order valence-electron chi connectivity index (χ4n) is 2.62. The largest absolute Gasteiger partial charge is 0.235 e. The van der Waals surface area contributed by atoms with E-state index < -0.39 is 0 Å². The summed E-state index contributed by atoms with van der Waals surface area (Å²) >= 11 is 0. The number of fused-ring (bicyclic) bond motifs is 1. The molecule has 3 nitrogen and oxygen atoms in total. The topological polar surface area (TPSA) is 30.2 Å². The molecule has 0 unspecified atom stereocenters. The van der Waals surface area contributed by atoms with Crippen LogP contribution < -0.4 is 0 Å². The Morgan fingerprint density at radius 2 is 1.65 bits per heavy atom. The first kappa shape index (κ1) is 13.6. The van der Waals surface area contributed by atoms with Crippen LogP contribution in [0.5, 0.6) is 0 Å². The third kappa shape index (κ3) is 2.71. The van der Waals surface area contributed by atoms with Gasteiger partial charge in [-0.15, -0.1) is 0 Å². The van der Waals surface area contributed by atoms with Gasteiger partial charge in [0.1, 0.15) is 5.82 Å². The Hall–Kier alpha value is -3.01. The molecule has 0 saturated heterocycles. The molecule has 0 fully saturated rings. The first-order chi connectivity index (χ1) is 11.3. The molecule has 0 aliphatic heterocycles. The lowest BCUT2D eigenvalue weighted by Gasteiger charge is -2.05. The van der Waals surface area contributed by atoms with E-state index in [2.05, 4.69) is 10.1 Å². The summed E-state index contributed by atoms with van der Waals surface area (Å²) < 4.78 is 14.9. The van der Waals surface area contributed by atoms with E-state index in [1.54, 1.807) is 12.1 Å². The molecular formula is C19H14FN3. The number of aromatic nitrogens is 3. The van der Waals surface area contributed by atoms with Gasteiger partial charge >= 0.3 is 0 Å². The maximum Gasteiger partial charge on any atom is 0.154 e.